The van der Waals surface area contributed by atoms with Gasteiger partial charge in [-0.3, -0.25) is 4.79 Å². The van der Waals surface area contributed by atoms with Gasteiger partial charge < -0.3 is 19.9 Å². The Bertz CT molecular complexity index is 1100. The van der Waals surface area contributed by atoms with Crippen molar-refractivity contribution in [1.29, 1.82) is 0 Å². The second kappa shape index (κ2) is 9.87. The van der Waals surface area contributed by atoms with Crippen molar-refractivity contribution < 1.29 is 14.3 Å². The molecule has 33 heavy (non-hydrogen) atoms. The highest BCUT2D eigenvalue weighted by molar-refractivity contribution is 7.98. The molecule has 4 rings (SSSR count). The number of aromatic amines is 1. The molecule has 0 unspecified atom stereocenters. The van der Waals surface area contributed by atoms with Crippen molar-refractivity contribution >= 4 is 34.8 Å². The summed E-state index contributed by atoms with van der Waals surface area (Å²) in [6.45, 7) is 6.74. The first-order valence-corrected chi connectivity index (χ1v) is 12.2. The zero-order valence-corrected chi connectivity index (χ0v) is 20.1. The Morgan fingerprint density at radius 1 is 1.12 bits per heavy atom. The van der Waals surface area contributed by atoms with Crippen LogP contribution in [0, 0.1) is 0 Å². The van der Waals surface area contributed by atoms with E-state index in [-0.39, 0.29) is 11.9 Å². The number of benzene rings is 2. The Morgan fingerprint density at radius 2 is 1.82 bits per heavy atom. The fourth-order valence-electron chi connectivity index (χ4n) is 3.87. The number of rotatable bonds is 5. The van der Waals surface area contributed by atoms with E-state index in [0.717, 1.165) is 27.3 Å². The molecule has 1 aliphatic heterocycles. The first-order valence-electron chi connectivity index (χ1n) is 11.2. The van der Waals surface area contributed by atoms with Crippen LogP contribution in [0.1, 0.15) is 49.5 Å². The van der Waals surface area contributed by atoms with Gasteiger partial charge in [0, 0.05) is 30.4 Å². The number of carbonyl (C=O) groups excluding carboxylic acids is 2. The van der Waals surface area contributed by atoms with E-state index >= 15 is 0 Å². The van der Waals surface area contributed by atoms with E-state index in [4.69, 9.17) is 4.74 Å². The molecule has 0 radical (unpaired) electrons. The van der Waals surface area contributed by atoms with Crippen molar-refractivity contribution in [2.75, 3.05) is 13.1 Å². The number of nitrogens with zero attached hydrogens (tertiary/aromatic N) is 2. The van der Waals surface area contributed by atoms with Crippen LogP contribution in [-0.2, 0) is 10.5 Å². The molecular weight excluding hydrogens is 436 g/mol. The maximum Gasteiger partial charge on any atom is 0.407 e. The Kier molecular flexibility index (Phi) is 6.93. The van der Waals surface area contributed by atoms with Gasteiger partial charge in [0.05, 0.1) is 11.0 Å². The van der Waals surface area contributed by atoms with Gasteiger partial charge in [-0.05, 0) is 57.4 Å². The van der Waals surface area contributed by atoms with Gasteiger partial charge in [-0.1, -0.05) is 42.1 Å². The van der Waals surface area contributed by atoms with E-state index in [2.05, 4.69) is 15.3 Å². The van der Waals surface area contributed by atoms with Gasteiger partial charge in [0.25, 0.3) is 5.91 Å². The monoisotopic (exact) mass is 466 g/mol. The van der Waals surface area contributed by atoms with Crippen molar-refractivity contribution in [3.63, 3.8) is 0 Å². The lowest BCUT2D eigenvalue weighted by Gasteiger charge is -2.33. The second-order valence-corrected chi connectivity index (χ2v) is 10.2. The summed E-state index contributed by atoms with van der Waals surface area (Å²) in [6, 6.07) is 15.7. The zero-order valence-electron chi connectivity index (χ0n) is 19.3. The number of fused-ring (bicyclic) bond motifs is 1. The van der Waals surface area contributed by atoms with Crippen molar-refractivity contribution in [1.82, 2.24) is 20.2 Å². The molecule has 2 amide bonds. The van der Waals surface area contributed by atoms with Crippen molar-refractivity contribution in [3.8, 4) is 0 Å². The number of ether oxygens (including phenoxy) is 1. The molecule has 2 heterocycles. The van der Waals surface area contributed by atoms with E-state index < -0.39 is 11.7 Å². The average molecular weight is 467 g/mol. The highest BCUT2D eigenvalue weighted by atomic mass is 32.2. The van der Waals surface area contributed by atoms with Crippen LogP contribution in [0.3, 0.4) is 0 Å². The molecule has 174 valence electrons. The van der Waals surface area contributed by atoms with Crippen molar-refractivity contribution in [2.24, 2.45) is 0 Å². The molecule has 0 aliphatic carbocycles. The van der Waals surface area contributed by atoms with E-state index in [0.29, 0.717) is 31.7 Å². The number of amides is 2. The first-order chi connectivity index (χ1) is 15.8. The van der Waals surface area contributed by atoms with Gasteiger partial charge in [-0.25, -0.2) is 9.78 Å². The minimum Gasteiger partial charge on any atom is -0.444 e. The number of aromatic nitrogens is 2. The number of nitrogens with one attached hydrogen (secondary N) is 2. The summed E-state index contributed by atoms with van der Waals surface area (Å²) >= 11 is 1.59. The summed E-state index contributed by atoms with van der Waals surface area (Å²) in [4.78, 5) is 35.1. The second-order valence-electron chi connectivity index (χ2n) is 9.22. The molecule has 3 aromatic rings. The molecule has 0 atom stereocenters. The van der Waals surface area contributed by atoms with Gasteiger partial charge in [0.15, 0.2) is 5.16 Å². The SMILES string of the molecule is CC(C)(C)OC(=O)NC1CCN(C(=O)c2ccccc2CSc2nc3ccccc3[nH]2)CC1. The van der Waals surface area contributed by atoms with Crippen LogP contribution in [0.2, 0.25) is 0 Å². The van der Waals surface area contributed by atoms with E-state index in [1.165, 1.54) is 0 Å². The highest BCUT2D eigenvalue weighted by Crippen LogP contribution is 2.26. The summed E-state index contributed by atoms with van der Waals surface area (Å²) in [5.41, 5.74) is 3.13. The summed E-state index contributed by atoms with van der Waals surface area (Å²) < 4.78 is 5.34. The lowest BCUT2D eigenvalue weighted by atomic mass is 10.0. The van der Waals surface area contributed by atoms with E-state index in [9.17, 15) is 9.59 Å². The maximum atomic E-state index is 13.3. The normalized spacial score (nSPS) is 14.9. The van der Waals surface area contributed by atoms with Gasteiger partial charge >= 0.3 is 6.09 Å². The van der Waals surface area contributed by atoms with Crippen LogP contribution >= 0.6 is 11.8 Å². The lowest BCUT2D eigenvalue weighted by Crippen LogP contribution is -2.47. The minimum atomic E-state index is -0.523. The third-order valence-corrected chi connectivity index (χ3v) is 6.40. The average Bonchev–Trinajstić information content (AvgIpc) is 3.20. The van der Waals surface area contributed by atoms with Gasteiger partial charge in [0.1, 0.15) is 5.60 Å². The Hall–Kier alpha value is -3.00. The summed E-state index contributed by atoms with van der Waals surface area (Å²) in [6.07, 6.45) is 1.02. The van der Waals surface area contributed by atoms with Gasteiger partial charge in [-0.15, -0.1) is 0 Å². The number of piperidine rings is 1. The number of hydrogen-bond acceptors (Lipinski definition) is 5. The number of para-hydroxylation sites is 2. The number of thioether (sulfide) groups is 1. The molecule has 7 nitrogen and oxygen atoms in total. The van der Waals surface area contributed by atoms with Crippen LogP contribution in [0.5, 0.6) is 0 Å². The molecule has 0 spiro atoms. The fourth-order valence-corrected chi connectivity index (χ4v) is 4.76. The predicted molar refractivity (Wildman–Crippen MR) is 130 cm³/mol. The van der Waals surface area contributed by atoms with E-state index in [1.54, 1.807) is 11.8 Å². The summed E-state index contributed by atoms with van der Waals surface area (Å²) in [7, 11) is 0. The number of imidazole rings is 1. The quantitative estimate of drug-likeness (QED) is 0.518. The Balaban J connectivity index is 1.35. The maximum absolute atomic E-state index is 13.3. The molecule has 1 fully saturated rings. The summed E-state index contributed by atoms with van der Waals surface area (Å²) in [5.74, 6) is 0.685. The smallest absolute Gasteiger partial charge is 0.407 e. The molecule has 1 aliphatic rings. The number of likely N-dealkylation sites (tertiary alicyclic amines) is 1. The fraction of sp³-hybridized carbons (Fsp3) is 0.400. The topological polar surface area (TPSA) is 87.3 Å². The van der Waals surface area contributed by atoms with Crippen LogP contribution in [0.25, 0.3) is 11.0 Å². The number of alkyl carbamates (subject to hydrolysis) is 1. The van der Waals surface area contributed by atoms with Gasteiger partial charge in [0.2, 0.25) is 0 Å². The van der Waals surface area contributed by atoms with Crippen LogP contribution in [0.15, 0.2) is 53.7 Å². The molecule has 2 N–H and O–H groups in total. The Morgan fingerprint density at radius 3 is 2.55 bits per heavy atom. The standard InChI is InChI=1S/C25H30N4O3S/c1-25(2,3)32-24(31)26-18-12-14-29(15-13-18)22(30)19-9-5-4-8-17(19)16-33-23-27-20-10-6-7-11-21(20)28-23/h4-11,18H,12-16H2,1-3H3,(H,26,31)(H,27,28). The summed E-state index contributed by atoms with van der Waals surface area (Å²) in [5, 5.41) is 3.76. The third kappa shape index (κ3) is 6.07. The molecule has 2 aromatic carbocycles. The highest BCUT2D eigenvalue weighted by Gasteiger charge is 2.27. The third-order valence-electron chi connectivity index (χ3n) is 5.48. The predicted octanol–water partition coefficient (Wildman–Crippen LogP) is 4.98. The largest absolute Gasteiger partial charge is 0.444 e. The van der Waals surface area contributed by atoms with Crippen molar-refractivity contribution in [3.05, 3.63) is 59.7 Å². The molecule has 1 saturated heterocycles. The van der Waals surface area contributed by atoms with Crippen LogP contribution < -0.4 is 5.32 Å². The molecular formula is C25H30N4O3S. The molecule has 0 bridgehead atoms. The molecule has 8 heteroatoms. The number of carbonyl (C=O) groups is 2. The van der Waals surface area contributed by atoms with Crippen molar-refractivity contribution in [2.45, 2.75) is 56.2 Å². The number of H-pyrrole nitrogens is 1. The lowest BCUT2D eigenvalue weighted by molar-refractivity contribution is 0.0473. The zero-order chi connectivity index (χ0) is 23.4. The van der Waals surface area contributed by atoms with Crippen LogP contribution in [-0.4, -0.2) is 51.6 Å². The molecule has 1 aromatic heterocycles. The minimum absolute atomic E-state index is 0.0165. The van der Waals surface area contributed by atoms with Gasteiger partial charge in [-0.2, -0.15) is 0 Å². The Labute approximate surface area is 198 Å². The molecule has 0 saturated carbocycles. The van der Waals surface area contributed by atoms with E-state index in [1.807, 2.05) is 74.2 Å². The van der Waals surface area contributed by atoms with Crippen LogP contribution in [0.4, 0.5) is 4.79 Å². The number of hydrogen-bond donors (Lipinski definition) is 2. The first kappa shape index (κ1) is 23.2.